The van der Waals surface area contributed by atoms with Crippen LogP contribution >= 0.6 is 11.8 Å². The van der Waals surface area contributed by atoms with Gasteiger partial charge in [0.15, 0.2) is 11.5 Å². The minimum Gasteiger partial charge on any atom is -0.467 e. The van der Waals surface area contributed by atoms with Crippen molar-refractivity contribution in [2.45, 2.75) is 16.4 Å². The fourth-order valence-electron chi connectivity index (χ4n) is 2.12. The minimum absolute atomic E-state index is 0.389. The lowest BCUT2D eigenvalue weighted by Crippen LogP contribution is -2.28. The lowest BCUT2D eigenvalue weighted by atomic mass is 10.2. The Morgan fingerprint density at radius 3 is 2.36 bits per heavy atom. The zero-order valence-corrected chi connectivity index (χ0v) is 12.8. The van der Waals surface area contributed by atoms with Crippen molar-refractivity contribution >= 4 is 23.6 Å². The fraction of sp³-hybridized carbons (Fsp3) is 0.176. The monoisotopic (exact) mass is 313 g/mol. The van der Waals surface area contributed by atoms with Gasteiger partial charge >= 0.3 is 5.97 Å². The first kappa shape index (κ1) is 14.7. The summed E-state index contributed by atoms with van der Waals surface area (Å²) in [5.41, 5.74) is 0.428. The zero-order chi connectivity index (χ0) is 15.4. The van der Waals surface area contributed by atoms with Gasteiger partial charge in [-0.3, -0.25) is 0 Å². The predicted octanol–water partition coefficient (Wildman–Crippen LogP) is 3.12. The molecule has 5 heteroatoms. The van der Waals surface area contributed by atoms with E-state index in [0.717, 1.165) is 10.5 Å². The molecule has 1 heterocycles. The molecule has 4 nitrogen and oxygen atoms in total. The van der Waals surface area contributed by atoms with Crippen LogP contribution in [0.25, 0.3) is 0 Å². The van der Waals surface area contributed by atoms with Crippen molar-refractivity contribution in [3.8, 4) is 0 Å². The summed E-state index contributed by atoms with van der Waals surface area (Å²) in [5, 5.41) is 0. The summed E-state index contributed by atoms with van der Waals surface area (Å²) in [6, 6.07) is 18.7. The molecule has 112 valence electrons. The Morgan fingerprint density at radius 1 is 1.09 bits per heavy atom. The normalized spacial score (nSPS) is 20.1. The molecule has 2 aromatic carbocycles. The second-order valence-corrected chi connectivity index (χ2v) is 5.86. The highest BCUT2D eigenvalue weighted by molar-refractivity contribution is 7.99. The SMILES string of the molecule is COC(=O)[C@@H]1N=C(c2ccccc2)OC1Sc1ccccc1. The molecule has 0 saturated heterocycles. The molecule has 0 amide bonds. The van der Waals surface area contributed by atoms with Crippen molar-refractivity contribution < 1.29 is 14.3 Å². The molecular weight excluding hydrogens is 298 g/mol. The van der Waals surface area contributed by atoms with Crippen molar-refractivity contribution in [1.82, 2.24) is 0 Å². The molecule has 0 spiro atoms. The van der Waals surface area contributed by atoms with Crippen LogP contribution in [0, 0.1) is 0 Å². The van der Waals surface area contributed by atoms with Gasteiger partial charge in [0.25, 0.3) is 0 Å². The van der Waals surface area contributed by atoms with E-state index in [4.69, 9.17) is 9.47 Å². The highest BCUT2D eigenvalue weighted by Crippen LogP contribution is 2.32. The molecule has 0 radical (unpaired) electrons. The van der Waals surface area contributed by atoms with Crippen molar-refractivity contribution in [3.05, 3.63) is 66.2 Å². The molecule has 0 saturated carbocycles. The van der Waals surface area contributed by atoms with Crippen molar-refractivity contribution in [3.63, 3.8) is 0 Å². The van der Waals surface area contributed by atoms with Crippen LogP contribution in [0.5, 0.6) is 0 Å². The van der Waals surface area contributed by atoms with Crippen LogP contribution in [0.2, 0.25) is 0 Å². The van der Waals surface area contributed by atoms with Gasteiger partial charge in [0.05, 0.1) is 7.11 Å². The Labute approximate surface area is 133 Å². The van der Waals surface area contributed by atoms with E-state index in [0.29, 0.717) is 5.90 Å². The number of hydrogen-bond acceptors (Lipinski definition) is 5. The van der Waals surface area contributed by atoms with Gasteiger partial charge in [-0.15, -0.1) is 0 Å². The van der Waals surface area contributed by atoms with Gasteiger partial charge in [-0.1, -0.05) is 48.2 Å². The maximum atomic E-state index is 12.0. The van der Waals surface area contributed by atoms with Crippen LogP contribution in [0.3, 0.4) is 0 Å². The number of methoxy groups -OCH3 is 1. The Kier molecular flexibility index (Phi) is 4.44. The van der Waals surface area contributed by atoms with E-state index in [2.05, 4.69) is 4.99 Å². The molecule has 0 bridgehead atoms. The maximum absolute atomic E-state index is 12.0. The number of rotatable bonds is 4. The third-order valence-electron chi connectivity index (χ3n) is 3.20. The van der Waals surface area contributed by atoms with Crippen molar-refractivity contribution in [2.75, 3.05) is 7.11 Å². The van der Waals surface area contributed by atoms with Crippen LogP contribution in [0.15, 0.2) is 70.6 Å². The number of carbonyl (C=O) groups excluding carboxylic acids is 1. The minimum atomic E-state index is -0.662. The first-order valence-corrected chi connectivity index (χ1v) is 7.75. The Bertz CT molecular complexity index is 673. The van der Waals surface area contributed by atoms with Crippen LogP contribution in [-0.4, -0.2) is 30.5 Å². The topological polar surface area (TPSA) is 47.9 Å². The number of benzene rings is 2. The van der Waals surface area contributed by atoms with Crippen molar-refractivity contribution in [1.29, 1.82) is 0 Å². The van der Waals surface area contributed by atoms with E-state index in [1.54, 1.807) is 0 Å². The molecule has 22 heavy (non-hydrogen) atoms. The van der Waals surface area contributed by atoms with Crippen LogP contribution in [-0.2, 0) is 14.3 Å². The highest BCUT2D eigenvalue weighted by Gasteiger charge is 2.38. The summed E-state index contributed by atoms with van der Waals surface area (Å²) in [6.07, 6.45) is 0. The van der Waals surface area contributed by atoms with Gasteiger partial charge in [0, 0.05) is 10.5 Å². The third kappa shape index (κ3) is 3.14. The van der Waals surface area contributed by atoms with E-state index >= 15 is 0 Å². The summed E-state index contributed by atoms with van der Waals surface area (Å²) in [6.45, 7) is 0. The standard InChI is InChI=1S/C17H15NO3S/c1-20-16(19)14-17(22-13-10-6-3-7-11-13)21-15(18-14)12-8-4-2-5-9-12/h2-11,14,17H,1H3/t14-,17?/m0/s1. The van der Waals surface area contributed by atoms with Gasteiger partial charge in [-0.2, -0.15) is 0 Å². The molecule has 1 aliphatic rings. The van der Waals surface area contributed by atoms with Gasteiger partial charge in [-0.25, -0.2) is 9.79 Å². The number of hydrogen-bond donors (Lipinski definition) is 0. The van der Waals surface area contributed by atoms with Gasteiger partial charge in [0.2, 0.25) is 5.90 Å². The maximum Gasteiger partial charge on any atom is 0.335 e. The van der Waals surface area contributed by atoms with Gasteiger partial charge in [-0.05, 0) is 24.3 Å². The third-order valence-corrected chi connectivity index (χ3v) is 4.33. The predicted molar refractivity (Wildman–Crippen MR) is 86.0 cm³/mol. The van der Waals surface area contributed by atoms with Crippen molar-refractivity contribution in [2.24, 2.45) is 4.99 Å². The van der Waals surface area contributed by atoms with E-state index < -0.39 is 11.5 Å². The second-order valence-electron chi connectivity index (χ2n) is 4.69. The van der Waals surface area contributed by atoms with E-state index in [-0.39, 0.29) is 5.97 Å². The number of nitrogens with zero attached hydrogens (tertiary/aromatic N) is 1. The molecule has 0 fully saturated rings. The lowest BCUT2D eigenvalue weighted by molar-refractivity contribution is -0.142. The summed E-state index contributed by atoms with van der Waals surface area (Å²) >= 11 is 1.46. The summed E-state index contributed by atoms with van der Waals surface area (Å²) < 4.78 is 10.7. The quantitative estimate of drug-likeness (QED) is 0.814. The number of ether oxygens (including phenoxy) is 2. The average Bonchev–Trinajstić information content (AvgIpc) is 3.00. The summed E-state index contributed by atoms with van der Waals surface area (Å²) in [5.74, 6) is 0.0868. The molecular formula is C17H15NO3S. The van der Waals surface area contributed by atoms with E-state index in [1.807, 2.05) is 60.7 Å². The second kappa shape index (κ2) is 6.66. The Balaban J connectivity index is 1.83. The number of carbonyl (C=O) groups is 1. The molecule has 0 aromatic heterocycles. The largest absolute Gasteiger partial charge is 0.467 e. The average molecular weight is 313 g/mol. The number of thioether (sulfide) groups is 1. The highest BCUT2D eigenvalue weighted by atomic mass is 32.2. The zero-order valence-electron chi connectivity index (χ0n) is 12.0. The summed E-state index contributed by atoms with van der Waals surface area (Å²) in [7, 11) is 1.36. The fourth-order valence-corrected chi connectivity index (χ4v) is 3.14. The van der Waals surface area contributed by atoms with E-state index in [9.17, 15) is 4.79 Å². The molecule has 3 rings (SSSR count). The van der Waals surface area contributed by atoms with Gasteiger partial charge in [0.1, 0.15) is 0 Å². The molecule has 0 N–H and O–H groups in total. The first-order chi connectivity index (χ1) is 10.8. The molecule has 2 atom stereocenters. The van der Waals surface area contributed by atoms with Crippen LogP contribution in [0.1, 0.15) is 5.56 Å². The first-order valence-electron chi connectivity index (χ1n) is 6.87. The number of aliphatic imine (C=N–C) groups is 1. The molecule has 0 aliphatic carbocycles. The lowest BCUT2D eigenvalue weighted by Gasteiger charge is -2.15. The van der Waals surface area contributed by atoms with Crippen LogP contribution in [0.4, 0.5) is 0 Å². The smallest absolute Gasteiger partial charge is 0.335 e. The van der Waals surface area contributed by atoms with Crippen LogP contribution < -0.4 is 0 Å². The Morgan fingerprint density at radius 2 is 1.73 bits per heavy atom. The van der Waals surface area contributed by atoms with Gasteiger partial charge < -0.3 is 9.47 Å². The Hall–Kier alpha value is -2.27. The van der Waals surface area contributed by atoms with E-state index in [1.165, 1.54) is 18.9 Å². The summed E-state index contributed by atoms with van der Waals surface area (Å²) in [4.78, 5) is 17.4. The molecule has 1 unspecified atom stereocenters. The number of esters is 1. The molecule has 1 aliphatic heterocycles. The molecule has 2 aromatic rings.